The molecule has 0 N–H and O–H groups in total. The number of aromatic nitrogens is 2. The number of rotatable bonds is 2. The largest absolute Gasteiger partial charge is 0.308 e. The molecule has 4 rings (SSSR count). The summed E-state index contributed by atoms with van der Waals surface area (Å²) in [5.74, 6) is 0.550. The molecule has 0 fully saturated rings. The van der Waals surface area contributed by atoms with E-state index in [1.54, 1.807) is 0 Å². The van der Waals surface area contributed by atoms with E-state index in [1.807, 2.05) is 12.4 Å². The van der Waals surface area contributed by atoms with Gasteiger partial charge in [-0.2, -0.15) is 0 Å². The van der Waals surface area contributed by atoms with E-state index in [2.05, 4.69) is 78.0 Å². The summed E-state index contributed by atoms with van der Waals surface area (Å²) in [6.07, 6.45) is 3.81. The molecule has 0 radical (unpaired) electrons. The standard InChI is InChI=1S/C20H18N2/c1-14(2)15-7-9-16(10-8-15)22-19-6-4-3-5-17(19)18-11-12-21-13-20(18)22/h3-14H,1-2H3. The highest BCUT2D eigenvalue weighted by Crippen LogP contribution is 2.31. The zero-order valence-electron chi connectivity index (χ0n) is 12.8. The van der Waals surface area contributed by atoms with Gasteiger partial charge in [-0.15, -0.1) is 0 Å². The number of nitrogens with zero attached hydrogens (tertiary/aromatic N) is 2. The maximum atomic E-state index is 4.32. The molecule has 2 heteroatoms. The number of fused-ring (bicyclic) bond motifs is 3. The van der Waals surface area contributed by atoms with Crippen LogP contribution in [0.3, 0.4) is 0 Å². The van der Waals surface area contributed by atoms with Crippen molar-refractivity contribution >= 4 is 21.8 Å². The Balaban J connectivity index is 2.04. The van der Waals surface area contributed by atoms with E-state index in [0.717, 1.165) is 5.52 Å². The lowest BCUT2D eigenvalue weighted by Crippen LogP contribution is -1.95. The van der Waals surface area contributed by atoms with Gasteiger partial charge in [-0.25, -0.2) is 0 Å². The van der Waals surface area contributed by atoms with E-state index in [4.69, 9.17) is 0 Å². The molecule has 2 aromatic heterocycles. The average Bonchev–Trinajstić information content (AvgIpc) is 2.89. The van der Waals surface area contributed by atoms with Crippen molar-refractivity contribution in [3.8, 4) is 5.69 Å². The fourth-order valence-electron chi connectivity index (χ4n) is 3.10. The molecule has 0 bridgehead atoms. The molecule has 0 aliphatic carbocycles. The first-order valence-corrected chi connectivity index (χ1v) is 7.69. The van der Waals surface area contributed by atoms with E-state index < -0.39 is 0 Å². The number of hydrogen-bond donors (Lipinski definition) is 0. The van der Waals surface area contributed by atoms with Crippen LogP contribution < -0.4 is 0 Å². The minimum Gasteiger partial charge on any atom is -0.308 e. The molecule has 2 aromatic carbocycles. The third-order valence-electron chi connectivity index (χ3n) is 4.29. The maximum Gasteiger partial charge on any atom is 0.0724 e. The van der Waals surface area contributed by atoms with Gasteiger partial charge >= 0.3 is 0 Å². The van der Waals surface area contributed by atoms with Crippen molar-refractivity contribution in [3.63, 3.8) is 0 Å². The number of benzene rings is 2. The summed E-state index contributed by atoms with van der Waals surface area (Å²) in [5, 5.41) is 2.52. The molecule has 0 aliphatic heterocycles. The topological polar surface area (TPSA) is 17.8 Å². The maximum absolute atomic E-state index is 4.32. The van der Waals surface area contributed by atoms with Crippen LogP contribution in [0.2, 0.25) is 0 Å². The van der Waals surface area contributed by atoms with E-state index in [1.165, 1.54) is 27.5 Å². The molecule has 0 unspecified atom stereocenters. The molecule has 2 nitrogen and oxygen atoms in total. The molecule has 108 valence electrons. The van der Waals surface area contributed by atoms with Crippen molar-refractivity contribution in [2.45, 2.75) is 19.8 Å². The first kappa shape index (κ1) is 13.1. The second kappa shape index (κ2) is 4.99. The van der Waals surface area contributed by atoms with Crippen LogP contribution in [-0.2, 0) is 0 Å². The van der Waals surface area contributed by atoms with Crippen LogP contribution in [0.5, 0.6) is 0 Å². The zero-order valence-corrected chi connectivity index (χ0v) is 12.8. The van der Waals surface area contributed by atoms with E-state index in [-0.39, 0.29) is 0 Å². The second-order valence-electron chi connectivity index (χ2n) is 5.99. The Kier molecular flexibility index (Phi) is 2.97. The van der Waals surface area contributed by atoms with Gasteiger partial charge in [-0.1, -0.05) is 44.2 Å². The summed E-state index contributed by atoms with van der Waals surface area (Å²) in [6.45, 7) is 4.44. The molecule has 22 heavy (non-hydrogen) atoms. The molecule has 0 saturated heterocycles. The molecular formula is C20H18N2. The van der Waals surface area contributed by atoms with Gasteiger partial charge in [0.05, 0.1) is 17.2 Å². The summed E-state index contributed by atoms with van der Waals surface area (Å²) in [5.41, 5.74) is 4.93. The lowest BCUT2D eigenvalue weighted by molar-refractivity contribution is 0.866. The van der Waals surface area contributed by atoms with E-state index >= 15 is 0 Å². The summed E-state index contributed by atoms with van der Waals surface area (Å²) in [7, 11) is 0. The Morgan fingerprint density at radius 3 is 2.32 bits per heavy atom. The highest BCUT2D eigenvalue weighted by atomic mass is 15.0. The molecule has 0 amide bonds. The average molecular weight is 286 g/mol. The monoisotopic (exact) mass is 286 g/mol. The normalized spacial score (nSPS) is 11.6. The summed E-state index contributed by atoms with van der Waals surface area (Å²) >= 11 is 0. The molecule has 4 aromatic rings. The van der Waals surface area contributed by atoms with Crippen molar-refractivity contribution in [1.29, 1.82) is 0 Å². The van der Waals surface area contributed by atoms with Crippen LogP contribution in [0, 0.1) is 0 Å². The van der Waals surface area contributed by atoms with Crippen molar-refractivity contribution in [3.05, 3.63) is 72.6 Å². The van der Waals surface area contributed by atoms with Gasteiger partial charge in [0.15, 0.2) is 0 Å². The molecule has 0 saturated carbocycles. The number of pyridine rings is 1. The van der Waals surface area contributed by atoms with Crippen LogP contribution >= 0.6 is 0 Å². The van der Waals surface area contributed by atoms with Crippen molar-refractivity contribution in [2.24, 2.45) is 0 Å². The van der Waals surface area contributed by atoms with Crippen LogP contribution in [0.25, 0.3) is 27.5 Å². The van der Waals surface area contributed by atoms with E-state index in [0.29, 0.717) is 5.92 Å². The number of hydrogen-bond acceptors (Lipinski definition) is 1. The van der Waals surface area contributed by atoms with Gasteiger partial charge in [0.2, 0.25) is 0 Å². The van der Waals surface area contributed by atoms with Crippen LogP contribution in [0.4, 0.5) is 0 Å². The van der Waals surface area contributed by atoms with E-state index in [9.17, 15) is 0 Å². The van der Waals surface area contributed by atoms with Gasteiger partial charge in [0.1, 0.15) is 0 Å². The van der Waals surface area contributed by atoms with Gasteiger partial charge < -0.3 is 4.57 Å². The van der Waals surface area contributed by atoms with Crippen LogP contribution in [0.1, 0.15) is 25.3 Å². The van der Waals surface area contributed by atoms with Gasteiger partial charge in [0.25, 0.3) is 0 Å². The smallest absolute Gasteiger partial charge is 0.0724 e. The SMILES string of the molecule is CC(C)c1ccc(-n2c3ccccc3c3ccncc32)cc1. The third-order valence-corrected chi connectivity index (χ3v) is 4.29. The summed E-state index contributed by atoms with van der Waals surface area (Å²) in [6, 6.07) is 19.5. The molecule has 2 heterocycles. The Bertz CT molecular complexity index is 893. The molecular weight excluding hydrogens is 268 g/mol. The Morgan fingerprint density at radius 1 is 0.818 bits per heavy atom. The van der Waals surface area contributed by atoms with Gasteiger partial charge in [-0.3, -0.25) is 4.98 Å². The zero-order chi connectivity index (χ0) is 15.1. The quantitative estimate of drug-likeness (QED) is 0.489. The lowest BCUT2D eigenvalue weighted by Gasteiger charge is -2.10. The van der Waals surface area contributed by atoms with Crippen LogP contribution in [0.15, 0.2) is 67.0 Å². The minimum absolute atomic E-state index is 0.550. The first-order chi connectivity index (χ1) is 10.8. The predicted molar refractivity (Wildman–Crippen MR) is 92.7 cm³/mol. The highest BCUT2D eigenvalue weighted by molar-refractivity contribution is 6.08. The highest BCUT2D eigenvalue weighted by Gasteiger charge is 2.11. The molecule has 0 aliphatic rings. The number of para-hydroxylation sites is 1. The van der Waals surface area contributed by atoms with Crippen molar-refractivity contribution < 1.29 is 0 Å². The van der Waals surface area contributed by atoms with Crippen LogP contribution in [-0.4, -0.2) is 9.55 Å². The predicted octanol–water partition coefficient (Wildman–Crippen LogP) is 5.30. The minimum atomic E-state index is 0.550. The van der Waals surface area contributed by atoms with Gasteiger partial charge in [0, 0.05) is 22.7 Å². The summed E-state index contributed by atoms with van der Waals surface area (Å²) < 4.78 is 2.29. The Morgan fingerprint density at radius 2 is 1.55 bits per heavy atom. The molecule has 0 atom stereocenters. The fraction of sp³-hybridized carbons (Fsp3) is 0.150. The fourth-order valence-corrected chi connectivity index (χ4v) is 3.10. The second-order valence-corrected chi connectivity index (χ2v) is 5.99. The van der Waals surface area contributed by atoms with Gasteiger partial charge in [-0.05, 0) is 35.7 Å². The third kappa shape index (κ3) is 1.92. The Labute approximate surface area is 130 Å². The Hall–Kier alpha value is -2.61. The van der Waals surface area contributed by atoms with Crippen molar-refractivity contribution in [1.82, 2.24) is 9.55 Å². The molecule has 0 spiro atoms. The summed E-state index contributed by atoms with van der Waals surface area (Å²) in [4.78, 5) is 4.32. The lowest BCUT2D eigenvalue weighted by atomic mass is 10.0. The van der Waals surface area contributed by atoms with Crippen molar-refractivity contribution in [2.75, 3.05) is 0 Å². The first-order valence-electron chi connectivity index (χ1n) is 7.69.